The van der Waals surface area contributed by atoms with Gasteiger partial charge in [-0.05, 0) is 6.92 Å². The molecular weight excluding hydrogens is 174 g/mol. The summed E-state index contributed by atoms with van der Waals surface area (Å²) < 4.78 is 0. The molecule has 1 aromatic rings. The molecule has 4 heteroatoms. The van der Waals surface area contributed by atoms with Crippen LogP contribution in [0.2, 0.25) is 5.02 Å². The fourth-order valence-electron chi connectivity index (χ4n) is 0.666. The molecule has 0 bridgehead atoms. The average Bonchev–Trinajstić information content (AvgIpc) is 2.09. The molecule has 0 aliphatic rings. The molecule has 0 saturated carbocycles. The van der Waals surface area contributed by atoms with Crippen LogP contribution >= 0.6 is 11.6 Å². The van der Waals surface area contributed by atoms with Crippen molar-refractivity contribution in [1.29, 1.82) is 0 Å². The lowest BCUT2D eigenvalue weighted by Crippen LogP contribution is -2.13. The van der Waals surface area contributed by atoms with Gasteiger partial charge in [-0.3, -0.25) is 0 Å². The predicted molar refractivity (Wildman–Crippen MR) is 49.0 cm³/mol. The molecule has 1 heterocycles. The monoisotopic (exact) mass is 181 g/mol. The fraction of sp³-hybridized carbons (Fsp3) is 0.250. The Balaban J connectivity index is 2.77. The van der Waals surface area contributed by atoms with Crippen molar-refractivity contribution < 1.29 is 0 Å². The third-order valence-corrected chi connectivity index (χ3v) is 1.55. The minimum absolute atomic E-state index is 0.0857. The van der Waals surface area contributed by atoms with Crippen LogP contribution in [0.15, 0.2) is 12.5 Å². The third kappa shape index (κ3) is 2.11. The first kappa shape index (κ1) is 8.82. The molecule has 0 fully saturated rings. The van der Waals surface area contributed by atoms with Crippen LogP contribution < -0.4 is 5.32 Å². The summed E-state index contributed by atoms with van der Waals surface area (Å²) in [5.74, 6) is 3.08. The molecular formula is C8H8ClN3. The van der Waals surface area contributed by atoms with Gasteiger partial charge in [0.15, 0.2) is 0 Å². The zero-order chi connectivity index (χ0) is 8.97. The SMILES string of the molecule is C#CC(C)Nc1ncncc1Cl. The Hall–Kier alpha value is -1.27. The summed E-state index contributed by atoms with van der Waals surface area (Å²) in [6.45, 7) is 1.85. The second-order valence-electron chi connectivity index (χ2n) is 2.25. The highest BCUT2D eigenvalue weighted by atomic mass is 35.5. The van der Waals surface area contributed by atoms with Crippen molar-refractivity contribution in [1.82, 2.24) is 9.97 Å². The van der Waals surface area contributed by atoms with Crippen LogP contribution in [0.3, 0.4) is 0 Å². The maximum Gasteiger partial charge on any atom is 0.149 e. The first-order valence-corrected chi connectivity index (χ1v) is 3.80. The molecule has 1 unspecified atom stereocenters. The van der Waals surface area contributed by atoms with Crippen molar-refractivity contribution in [3.63, 3.8) is 0 Å². The van der Waals surface area contributed by atoms with E-state index in [4.69, 9.17) is 18.0 Å². The van der Waals surface area contributed by atoms with Crippen LogP contribution in [0.4, 0.5) is 5.82 Å². The van der Waals surface area contributed by atoms with Crippen LogP contribution in [-0.2, 0) is 0 Å². The van der Waals surface area contributed by atoms with E-state index in [-0.39, 0.29) is 6.04 Å². The lowest BCUT2D eigenvalue weighted by atomic mass is 10.3. The highest BCUT2D eigenvalue weighted by Gasteiger charge is 2.02. The van der Waals surface area contributed by atoms with Gasteiger partial charge in [-0.25, -0.2) is 9.97 Å². The predicted octanol–water partition coefficient (Wildman–Crippen LogP) is 1.56. The quantitative estimate of drug-likeness (QED) is 0.704. The average molecular weight is 182 g/mol. The summed E-state index contributed by atoms with van der Waals surface area (Å²) in [7, 11) is 0. The van der Waals surface area contributed by atoms with Crippen molar-refractivity contribution in [2.45, 2.75) is 13.0 Å². The zero-order valence-electron chi connectivity index (χ0n) is 6.58. The normalized spacial score (nSPS) is 11.8. The van der Waals surface area contributed by atoms with Gasteiger partial charge < -0.3 is 5.32 Å². The van der Waals surface area contributed by atoms with Gasteiger partial charge in [0.25, 0.3) is 0 Å². The number of nitrogens with one attached hydrogen (secondary N) is 1. The summed E-state index contributed by atoms with van der Waals surface area (Å²) in [5.41, 5.74) is 0. The summed E-state index contributed by atoms with van der Waals surface area (Å²) in [6.07, 6.45) is 8.10. The van der Waals surface area contributed by atoms with Gasteiger partial charge >= 0.3 is 0 Å². The topological polar surface area (TPSA) is 37.8 Å². The van der Waals surface area contributed by atoms with Gasteiger partial charge in [-0.15, -0.1) is 6.42 Å². The minimum atomic E-state index is -0.0857. The van der Waals surface area contributed by atoms with Gasteiger partial charge in [0, 0.05) is 0 Å². The molecule has 1 atom stereocenters. The minimum Gasteiger partial charge on any atom is -0.355 e. The van der Waals surface area contributed by atoms with E-state index in [9.17, 15) is 0 Å². The number of hydrogen-bond acceptors (Lipinski definition) is 3. The van der Waals surface area contributed by atoms with E-state index >= 15 is 0 Å². The fourth-order valence-corrected chi connectivity index (χ4v) is 0.825. The van der Waals surface area contributed by atoms with Crippen LogP contribution in [-0.4, -0.2) is 16.0 Å². The Kier molecular flexibility index (Phi) is 2.89. The first-order chi connectivity index (χ1) is 5.74. The molecule has 0 amide bonds. The van der Waals surface area contributed by atoms with Crippen molar-refractivity contribution in [2.24, 2.45) is 0 Å². The highest BCUT2D eigenvalue weighted by Crippen LogP contribution is 2.16. The maximum atomic E-state index is 5.77. The molecule has 0 aliphatic heterocycles. The van der Waals surface area contributed by atoms with E-state index in [0.29, 0.717) is 10.8 Å². The molecule has 0 radical (unpaired) electrons. The Morgan fingerprint density at radius 3 is 3.08 bits per heavy atom. The van der Waals surface area contributed by atoms with Crippen LogP contribution in [0.5, 0.6) is 0 Å². The second-order valence-corrected chi connectivity index (χ2v) is 2.66. The molecule has 0 saturated heterocycles. The zero-order valence-corrected chi connectivity index (χ0v) is 7.34. The Morgan fingerprint density at radius 1 is 1.75 bits per heavy atom. The van der Waals surface area contributed by atoms with Gasteiger partial charge in [0.05, 0.1) is 12.2 Å². The van der Waals surface area contributed by atoms with Crippen molar-refractivity contribution in [2.75, 3.05) is 5.32 Å². The van der Waals surface area contributed by atoms with Gasteiger partial charge in [-0.2, -0.15) is 0 Å². The van der Waals surface area contributed by atoms with Crippen molar-refractivity contribution >= 4 is 17.4 Å². The smallest absolute Gasteiger partial charge is 0.149 e. The summed E-state index contributed by atoms with van der Waals surface area (Å²) in [6, 6.07) is -0.0857. The number of nitrogens with zero attached hydrogens (tertiary/aromatic N) is 2. The van der Waals surface area contributed by atoms with Gasteiger partial charge in [-0.1, -0.05) is 17.5 Å². The third-order valence-electron chi connectivity index (χ3n) is 1.27. The molecule has 12 heavy (non-hydrogen) atoms. The number of halogens is 1. The lowest BCUT2D eigenvalue weighted by Gasteiger charge is -2.08. The number of anilines is 1. The van der Waals surface area contributed by atoms with E-state index < -0.39 is 0 Å². The molecule has 3 nitrogen and oxygen atoms in total. The summed E-state index contributed by atoms with van der Waals surface area (Å²) in [4.78, 5) is 7.66. The molecule has 62 valence electrons. The maximum absolute atomic E-state index is 5.77. The molecule has 0 aromatic carbocycles. The van der Waals surface area contributed by atoms with Crippen molar-refractivity contribution in [3.8, 4) is 12.3 Å². The summed E-state index contributed by atoms with van der Waals surface area (Å²) >= 11 is 5.77. The number of terminal acetylenes is 1. The standard InChI is InChI=1S/C8H8ClN3/c1-3-6(2)12-8-7(9)4-10-5-11-8/h1,4-6H,2H3,(H,10,11,12). The van der Waals surface area contributed by atoms with Crippen LogP contribution in [0, 0.1) is 12.3 Å². The number of rotatable bonds is 2. The molecule has 0 aliphatic carbocycles. The highest BCUT2D eigenvalue weighted by molar-refractivity contribution is 6.32. The van der Waals surface area contributed by atoms with Crippen LogP contribution in [0.1, 0.15) is 6.92 Å². The van der Waals surface area contributed by atoms with Crippen molar-refractivity contribution in [3.05, 3.63) is 17.5 Å². The van der Waals surface area contributed by atoms with Gasteiger partial charge in [0.1, 0.15) is 17.2 Å². The molecule has 0 spiro atoms. The Morgan fingerprint density at radius 2 is 2.50 bits per heavy atom. The Bertz CT molecular complexity index is 305. The first-order valence-electron chi connectivity index (χ1n) is 3.42. The Labute approximate surface area is 76.2 Å². The molecule has 1 rings (SSSR count). The van der Waals surface area contributed by atoms with E-state index in [1.807, 2.05) is 6.92 Å². The van der Waals surface area contributed by atoms with Crippen LogP contribution in [0.25, 0.3) is 0 Å². The summed E-state index contributed by atoms with van der Waals surface area (Å²) in [5, 5.41) is 3.41. The van der Waals surface area contributed by atoms with E-state index in [1.165, 1.54) is 12.5 Å². The van der Waals surface area contributed by atoms with E-state index in [0.717, 1.165) is 0 Å². The van der Waals surface area contributed by atoms with Gasteiger partial charge in [0.2, 0.25) is 0 Å². The molecule has 1 aromatic heterocycles. The van der Waals surface area contributed by atoms with E-state index in [1.54, 1.807) is 0 Å². The lowest BCUT2D eigenvalue weighted by molar-refractivity contribution is 1.00. The second kappa shape index (κ2) is 3.93. The molecule has 1 N–H and O–H groups in total. The number of aromatic nitrogens is 2. The number of hydrogen-bond donors (Lipinski definition) is 1. The largest absolute Gasteiger partial charge is 0.355 e. The van der Waals surface area contributed by atoms with E-state index in [2.05, 4.69) is 21.2 Å².